The van der Waals surface area contributed by atoms with Gasteiger partial charge in [0.05, 0.1) is 19.9 Å². The lowest BCUT2D eigenvalue weighted by atomic mass is 9.77. The van der Waals surface area contributed by atoms with Gasteiger partial charge in [0, 0.05) is 41.3 Å². The molecule has 464 valence electrons. The number of hydrogen-bond acceptors (Lipinski definition) is 20. The molecule has 2 aromatic heterocycles. The molecule has 0 saturated carbocycles. The summed E-state index contributed by atoms with van der Waals surface area (Å²) in [5.41, 5.74) is 5.18. The number of ether oxygens (including phenoxy) is 5. The summed E-state index contributed by atoms with van der Waals surface area (Å²) in [7, 11) is 3.01. The third-order valence-electron chi connectivity index (χ3n) is 15.3. The first-order valence-electron chi connectivity index (χ1n) is 29.2. The lowest BCUT2D eigenvalue weighted by Gasteiger charge is -2.49. The Hall–Kier alpha value is -9.39. The Morgan fingerprint density at radius 3 is 1.90 bits per heavy atom. The Kier molecular flexibility index (Phi) is 20.0. The van der Waals surface area contributed by atoms with Crippen molar-refractivity contribution in [1.82, 2.24) is 24.8 Å². The van der Waals surface area contributed by atoms with E-state index in [0.717, 1.165) is 37.6 Å². The van der Waals surface area contributed by atoms with Crippen LogP contribution in [0.2, 0.25) is 0 Å². The molecule has 5 atom stereocenters. The molecule has 0 spiro atoms. The number of aromatic nitrogens is 3. The number of hydrogen-bond donors (Lipinski definition) is 2. The van der Waals surface area contributed by atoms with E-state index in [-0.39, 0.29) is 29.4 Å². The zero-order valence-corrected chi connectivity index (χ0v) is 53.1. The van der Waals surface area contributed by atoms with Crippen LogP contribution in [0.25, 0.3) is 0 Å². The normalized spacial score (nSPS) is 17.2. The second-order valence-electron chi connectivity index (χ2n) is 21.2. The summed E-state index contributed by atoms with van der Waals surface area (Å²) in [5.74, 6) is -1.41. The molecule has 12 rings (SSSR count). The fourth-order valence-electron chi connectivity index (χ4n) is 10.9. The highest BCUT2D eigenvalue weighted by Crippen LogP contribution is 2.44. The lowest BCUT2D eigenvalue weighted by Crippen LogP contribution is -2.71. The lowest BCUT2D eigenvalue weighted by molar-refractivity contribution is -0.175. The van der Waals surface area contributed by atoms with Crippen molar-refractivity contribution in [3.8, 4) is 5.75 Å². The molecule has 0 bridgehead atoms. The quantitative estimate of drug-likeness (QED) is 0.00981. The Morgan fingerprint density at radius 1 is 0.750 bits per heavy atom. The van der Waals surface area contributed by atoms with Crippen LogP contribution in [0.3, 0.4) is 0 Å². The first-order chi connectivity index (χ1) is 45.1. The van der Waals surface area contributed by atoms with Crippen LogP contribution in [0.1, 0.15) is 64.0 Å². The van der Waals surface area contributed by atoms with Gasteiger partial charge >= 0.3 is 5.97 Å². The molecule has 2 amide bonds. The smallest absolute Gasteiger partial charge is 0.357 e. The Labute approximate surface area is 547 Å². The van der Waals surface area contributed by atoms with Gasteiger partial charge in [-0.1, -0.05) is 204 Å². The van der Waals surface area contributed by atoms with Gasteiger partial charge in [0.15, 0.2) is 22.7 Å². The maximum absolute atomic E-state index is 15.6. The van der Waals surface area contributed by atoms with Gasteiger partial charge in [-0.3, -0.25) is 24.3 Å². The van der Waals surface area contributed by atoms with Crippen LogP contribution in [0, 0.1) is 0 Å². The fraction of sp³-hybridized carbons (Fsp3) is 0.186. The van der Waals surface area contributed by atoms with Crippen molar-refractivity contribution in [1.29, 1.82) is 0 Å². The largest absolute Gasteiger partial charge is 0.497 e. The number of oxime groups is 1. The molecular formula is C70H60N8O10S4. The number of amides is 2. The van der Waals surface area contributed by atoms with Crippen LogP contribution in [0.5, 0.6) is 5.75 Å². The van der Waals surface area contributed by atoms with Crippen molar-refractivity contribution < 1.29 is 47.7 Å². The Bertz CT molecular complexity index is 4010. The number of thioether (sulfide) groups is 2. The number of ketones is 1. The number of aliphatic imine (C=N–C) groups is 1. The average molecular weight is 1300 g/mol. The minimum absolute atomic E-state index is 0.0149. The van der Waals surface area contributed by atoms with Gasteiger partial charge in [-0.2, -0.15) is 0 Å². The van der Waals surface area contributed by atoms with E-state index in [1.54, 1.807) is 62.0 Å². The molecule has 5 heterocycles. The molecule has 1 fully saturated rings. The second-order valence-corrected chi connectivity index (χ2v) is 25.2. The number of carbonyl (C=O) groups is 4. The van der Waals surface area contributed by atoms with Crippen molar-refractivity contribution in [2.45, 2.75) is 59.5 Å². The third kappa shape index (κ3) is 13.9. The number of β-lactam (4-membered cyclic amide) rings is 1. The van der Waals surface area contributed by atoms with Gasteiger partial charge in [-0.25, -0.2) is 9.78 Å². The van der Waals surface area contributed by atoms with Crippen LogP contribution in [-0.4, -0.2) is 104 Å². The highest BCUT2D eigenvalue weighted by atomic mass is 32.2. The van der Waals surface area contributed by atoms with Crippen LogP contribution >= 0.6 is 46.4 Å². The van der Waals surface area contributed by atoms with E-state index in [1.807, 2.05) is 170 Å². The summed E-state index contributed by atoms with van der Waals surface area (Å²) in [4.78, 5) is 77.6. The van der Waals surface area contributed by atoms with Crippen LogP contribution in [-0.2, 0) is 55.1 Å². The molecule has 2 N–H and O–H groups in total. The first kappa shape index (κ1) is 62.8. The summed E-state index contributed by atoms with van der Waals surface area (Å²) in [5, 5.41) is 16.7. The summed E-state index contributed by atoms with van der Waals surface area (Å²) >= 11 is 5.23. The highest BCUT2D eigenvalue weighted by Gasteiger charge is 2.55. The average Bonchev–Trinajstić information content (AvgIpc) is 0.789. The summed E-state index contributed by atoms with van der Waals surface area (Å²) in [6.07, 6.45) is -1.92. The molecule has 4 unspecified atom stereocenters. The Morgan fingerprint density at radius 2 is 1.34 bits per heavy atom. The molecule has 22 heteroatoms. The van der Waals surface area contributed by atoms with E-state index >= 15 is 4.79 Å². The van der Waals surface area contributed by atoms with Crippen molar-refractivity contribution in [2.75, 3.05) is 31.0 Å². The maximum Gasteiger partial charge on any atom is 0.357 e. The number of anilines is 1. The van der Waals surface area contributed by atoms with Gasteiger partial charge in [-0.05, 0) is 69.5 Å². The molecule has 3 aliphatic rings. The second kappa shape index (κ2) is 29.3. The van der Waals surface area contributed by atoms with Gasteiger partial charge in [0.1, 0.15) is 50.1 Å². The van der Waals surface area contributed by atoms with E-state index < -0.39 is 65.3 Å². The number of fused-ring (bicyclic) bond motifs is 1. The number of nitrogens with zero attached hydrogens (tertiary/aromatic N) is 6. The van der Waals surface area contributed by atoms with Crippen LogP contribution < -0.4 is 15.4 Å². The fourth-order valence-corrected chi connectivity index (χ4v) is 14.6. The number of benzene rings is 7. The third-order valence-corrected chi connectivity index (χ3v) is 19.4. The van der Waals surface area contributed by atoms with E-state index in [0.29, 0.717) is 39.2 Å². The topological polar surface area (TPSA) is 214 Å². The standard InChI is InChI=1S/C70H60N8O10S4/c1-44-38-55(79)62(85-40-45-34-36-53(83-2)37-35-45)58(72-44)68(86-61(46-22-10-4-11-23-46)47-24-12-5-13-25-47)88-76-57(54-43-91-69(73-54)75-70(50-28-16-7-17-29-50,51-30-18-8-19-31-51)52-32-20-9-21-33-52)63(80)74-59-64(81)78-60(66(82)87-67(84-3)48-26-14-6-15-27-48)49(42-90-65(59)78)41-89-56-39-71-77-92-56/h4-39,43,59,61-62,65,67-68H,40-42H2,1-3H3,(H,73,75)(H,74,80)/b76-57-/t59?,62?,65-,67?,68?/m0/s1. The molecule has 7 aromatic carbocycles. The van der Waals surface area contributed by atoms with E-state index in [1.165, 1.54) is 64.5 Å². The van der Waals surface area contributed by atoms with Crippen LogP contribution in [0.15, 0.2) is 255 Å². The molecule has 0 radical (unpaired) electrons. The summed E-state index contributed by atoms with van der Waals surface area (Å²) in [6, 6.07) is 63.9. The molecule has 3 aliphatic heterocycles. The molecule has 9 aromatic rings. The minimum Gasteiger partial charge on any atom is -0.497 e. The van der Waals surface area contributed by atoms with Crippen molar-refractivity contribution in [2.24, 2.45) is 10.1 Å². The number of rotatable bonds is 26. The van der Waals surface area contributed by atoms with Crippen molar-refractivity contribution >= 4 is 86.5 Å². The summed E-state index contributed by atoms with van der Waals surface area (Å²) in [6.45, 7) is 1.65. The van der Waals surface area contributed by atoms with E-state index in [9.17, 15) is 14.4 Å². The van der Waals surface area contributed by atoms with E-state index in [4.69, 9.17) is 43.7 Å². The monoisotopic (exact) mass is 1300 g/mol. The minimum atomic E-state index is -1.63. The van der Waals surface area contributed by atoms with Gasteiger partial charge < -0.3 is 39.2 Å². The van der Waals surface area contributed by atoms with Crippen molar-refractivity contribution in [3.05, 3.63) is 286 Å². The zero-order valence-electron chi connectivity index (χ0n) is 49.8. The molecule has 18 nitrogen and oxygen atoms in total. The molecule has 92 heavy (non-hydrogen) atoms. The Balaban J connectivity index is 0.940. The molecular weight excluding hydrogens is 1240 g/mol. The van der Waals surface area contributed by atoms with Gasteiger partial charge in [0.2, 0.25) is 6.29 Å². The zero-order chi connectivity index (χ0) is 63.4. The van der Waals surface area contributed by atoms with E-state index in [2.05, 4.69) is 20.2 Å². The number of esters is 1. The predicted molar refractivity (Wildman–Crippen MR) is 355 cm³/mol. The number of carbonyl (C=O) groups excluding carboxylic acids is 4. The number of methoxy groups -OCH3 is 2. The summed E-state index contributed by atoms with van der Waals surface area (Å²) < 4.78 is 35.4. The molecule has 1 saturated heterocycles. The number of nitrogens with one attached hydrogen (secondary N) is 2. The highest BCUT2D eigenvalue weighted by molar-refractivity contribution is 8.01. The van der Waals surface area contributed by atoms with Crippen LogP contribution in [0.4, 0.5) is 5.13 Å². The predicted octanol–water partition coefficient (Wildman–Crippen LogP) is 12.1. The molecule has 0 aliphatic carbocycles. The van der Waals surface area contributed by atoms with Crippen molar-refractivity contribution in [3.63, 3.8) is 0 Å². The number of thiazole rings is 1. The number of allylic oxidation sites excluding steroid dienone is 1. The first-order valence-corrected chi connectivity index (χ1v) is 32.9. The maximum atomic E-state index is 15.6. The SMILES string of the molecule is COc1ccc(COC2C(=O)C=C(C)N=C2C(O/N=C(\C(=O)NC2C(=O)N3C(C(=O)OC(OC)c4ccccc4)=C(CSc4cnns4)CS[C@@H]23)c2csc(NC(c3ccccc3)(c3ccccc3)c3ccccc3)n2)OC(c2ccccc2)c2ccccc2)cc1. The van der Waals surface area contributed by atoms with Gasteiger partial charge in [0.25, 0.3) is 18.1 Å². The van der Waals surface area contributed by atoms with Gasteiger partial charge in [-0.15, -0.1) is 40.0 Å².